The molecular formula is C21H25BF3NO3. The van der Waals surface area contributed by atoms with Crippen molar-refractivity contribution in [2.24, 2.45) is 11.8 Å². The van der Waals surface area contributed by atoms with Crippen LogP contribution in [-0.2, 0) is 9.31 Å². The number of alkyl halides is 2. The van der Waals surface area contributed by atoms with Crippen molar-refractivity contribution >= 4 is 23.4 Å². The first kappa shape index (κ1) is 20.5. The molecule has 1 aromatic heterocycles. The van der Waals surface area contributed by atoms with Crippen molar-refractivity contribution < 1.29 is 22.5 Å². The third kappa shape index (κ3) is 3.40. The van der Waals surface area contributed by atoms with Crippen LogP contribution in [0.15, 0.2) is 29.2 Å². The van der Waals surface area contributed by atoms with Crippen molar-refractivity contribution in [2.75, 3.05) is 0 Å². The van der Waals surface area contributed by atoms with Crippen LogP contribution in [0.1, 0.15) is 47.0 Å². The molecule has 2 unspecified atom stereocenters. The van der Waals surface area contributed by atoms with Crippen molar-refractivity contribution in [3.8, 4) is 0 Å². The van der Waals surface area contributed by atoms with Crippen molar-refractivity contribution in [1.29, 1.82) is 0 Å². The molecule has 2 aliphatic carbocycles. The van der Waals surface area contributed by atoms with Crippen LogP contribution in [0.2, 0.25) is 0 Å². The first-order valence-corrected chi connectivity index (χ1v) is 9.98. The van der Waals surface area contributed by atoms with E-state index in [1.807, 2.05) is 27.7 Å². The molecule has 0 amide bonds. The second-order valence-electron chi connectivity index (χ2n) is 9.17. The molecule has 0 radical (unpaired) electrons. The highest BCUT2D eigenvalue weighted by atomic mass is 19.3. The van der Waals surface area contributed by atoms with Gasteiger partial charge in [-0.1, -0.05) is 6.42 Å². The Kier molecular flexibility index (Phi) is 4.66. The zero-order valence-electron chi connectivity index (χ0n) is 17.0. The van der Waals surface area contributed by atoms with E-state index in [2.05, 4.69) is 4.98 Å². The maximum absolute atomic E-state index is 14.3. The van der Waals surface area contributed by atoms with Crippen molar-refractivity contribution in [1.82, 2.24) is 4.98 Å². The van der Waals surface area contributed by atoms with Gasteiger partial charge in [0.25, 0.3) is 11.5 Å². The highest BCUT2D eigenvalue weighted by molar-refractivity contribution is 6.62. The van der Waals surface area contributed by atoms with Gasteiger partial charge >= 0.3 is 7.12 Å². The van der Waals surface area contributed by atoms with Gasteiger partial charge in [-0.3, -0.25) is 4.79 Å². The van der Waals surface area contributed by atoms with E-state index in [4.69, 9.17) is 9.31 Å². The molecule has 1 aromatic carbocycles. The highest BCUT2D eigenvalue weighted by Crippen LogP contribution is 2.63. The summed E-state index contributed by atoms with van der Waals surface area (Å²) in [5.41, 5.74) is -1.12. The molecule has 0 bridgehead atoms. The number of halogens is 3. The van der Waals surface area contributed by atoms with Crippen LogP contribution >= 0.6 is 0 Å². The monoisotopic (exact) mass is 407 g/mol. The predicted octanol–water partition coefficient (Wildman–Crippen LogP) is 4.02. The largest absolute Gasteiger partial charge is 0.497 e. The molecule has 2 aromatic rings. The molecule has 4 nitrogen and oxygen atoms in total. The van der Waals surface area contributed by atoms with Gasteiger partial charge in [0.15, 0.2) is 0 Å². The summed E-state index contributed by atoms with van der Waals surface area (Å²) >= 11 is 0. The Morgan fingerprint density at radius 2 is 1.66 bits per heavy atom. The van der Waals surface area contributed by atoms with Gasteiger partial charge in [0.1, 0.15) is 5.82 Å². The lowest BCUT2D eigenvalue weighted by atomic mass is 9.78. The molecule has 1 aliphatic heterocycles. The minimum Gasteiger partial charge on any atom is -0.399 e. The second-order valence-corrected chi connectivity index (χ2v) is 9.17. The fourth-order valence-corrected chi connectivity index (χ4v) is 4.18. The number of H-pyrrole nitrogens is 1. The van der Waals surface area contributed by atoms with Gasteiger partial charge in [0.05, 0.1) is 11.2 Å². The van der Waals surface area contributed by atoms with Crippen LogP contribution in [0.5, 0.6) is 0 Å². The predicted molar refractivity (Wildman–Crippen MR) is 106 cm³/mol. The molecule has 29 heavy (non-hydrogen) atoms. The molecular weight excluding hydrogens is 382 g/mol. The van der Waals surface area contributed by atoms with Gasteiger partial charge in [-0.15, -0.1) is 0 Å². The molecule has 1 N–H and O–H groups in total. The zero-order chi connectivity index (χ0) is 21.2. The normalized spacial score (nSPS) is 28.0. The number of fused-ring (bicyclic) bond motifs is 2. The number of rotatable bonds is 1. The lowest BCUT2D eigenvalue weighted by Crippen LogP contribution is -2.41. The van der Waals surface area contributed by atoms with Gasteiger partial charge in [-0.05, 0) is 64.1 Å². The van der Waals surface area contributed by atoms with Gasteiger partial charge in [0, 0.05) is 28.9 Å². The van der Waals surface area contributed by atoms with E-state index in [1.165, 1.54) is 18.3 Å². The quantitative estimate of drug-likeness (QED) is 0.727. The van der Waals surface area contributed by atoms with Gasteiger partial charge in [-0.2, -0.15) is 0 Å². The Balaban J connectivity index is 0.000000211. The number of hydrogen-bond acceptors (Lipinski definition) is 3. The molecule has 2 saturated carbocycles. The van der Waals surface area contributed by atoms with Crippen molar-refractivity contribution in [2.45, 2.75) is 64.1 Å². The van der Waals surface area contributed by atoms with Crippen LogP contribution < -0.4 is 11.0 Å². The molecule has 2 atom stereocenters. The average Bonchev–Trinajstić information content (AvgIpc) is 2.96. The molecule has 1 saturated heterocycles. The summed E-state index contributed by atoms with van der Waals surface area (Å²) in [6, 6.07) is 4.50. The fourth-order valence-electron chi connectivity index (χ4n) is 4.18. The van der Waals surface area contributed by atoms with E-state index < -0.39 is 30.1 Å². The molecule has 0 spiro atoms. The summed E-state index contributed by atoms with van der Waals surface area (Å²) in [6.07, 6.45) is 4.08. The van der Waals surface area contributed by atoms with Crippen LogP contribution in [-0.4, -0.2) is 29.2 Å². The van der Waals surface area contributed by atoms with Crippen LogP contribution in [0.4, 0.5) is 13.2 Å². The summed E-state index contributed by atoms with van der Waals surface area (Å²) < 4.78 is 50.5. The Labute approximate surface area is 167 Å². The minimum atomic E-state index is -2.24. The molecule has 8 heteroatoms. The van der Waals surface area contributed by atoms with Crippen molar-refractivity contribution in [3.05, 3.63) is 40.6 Å². The SMILES string of the molecule is CC1(C)OB(c2cc3c(=O)[nH]ccc3cc2F)OC1(C)C.FC1(F)C2CCCC21. The zero-order valence-corrected chi connectivity index (χ0v) is 17.0. The van der Waals surface area contributed by atoms with E-state index >= 15 is 0 Å². The smallest absolute Gasteiger partial charge is 0.399 e. The Morgan fingerprint density at radius 1 is 1.07 bits per heavy atom. The van der Waals surface area contributed by atoms with Crippen LogP contribution in [0.3, 0.4) is 0 Å². The number of pyridine rings is 1. The summed E-state index contributed by atoms with van der Waals surface area (Å²) in [4.78, 5) is 14.4. The summed E-state index contributed by atoms with van der Waals surface area (Å²) in [5, 5.41) is 0.972. The maximum Gasteiger partial charge on any atom is 0.497 e. The molecule has 3 aliphatic rings. The first-order valence-electron chi connectivity index (χ1n) is 9.98. The van der Waals surface area contributed by atoms with Crippen LogP contribution in [0.25, 0.3) is 10.8 Å². The Hall–Kier alpha value is -1.80. The van der Waals surface area contributed by atoms with Crippen molar-refractivity contribution in [3.63, 3.8) is 0 Å². The maximum atomic E-state index is 14.3. The molecule has 5 rings (SSSR count). The summed E-state index contributed by atoms with van der Waals surface area (Å²) in [6.45, 7) is 7.61. The van der Waals surface area contributed by atoms with E-state index in [0.29, 0.717) is 10.8 Å². The molecule has 3 fully saturated rings. The third-order valence-corrected chi connectivity index (χ3v) is 6.79. The topological polar surface area (TPSA) is 51.3 Å². The molecule has 156 valence electrons. The number of aromatic nitrogens is 1. The van der Waals surface area contributed by atoms with E-state index in [-0.39, 0.29) is 22.9 Å². The van der Waals surface area contributed by atoms with E-state index in [9.17, 15) is 18.0 Å². The van der Waals surface area contributed by atoms with E-state index in [0.717, 1.165) is 19.3 Å². The number of aromatic amines is 1. The first-order chi connectivity index (χ1) is 13.4. The number of nitrogens with one attached hydrogen (secondary N) is 1. The average molecular weight is 407 g/mol. The van der Waals surface area contributed by atoms with Gasteiger partial charge < -0.3 is 14.3 Å². The standard InChI is InChI=1S/C15H17BFNO3.C6H8F2/c1-14(2)15(3,4)21-16(20-14)11-8-10-9(7-12(11)17)5-6-18-13(10)19;7-6(8)4-2-1-3-5(4)6/h5-8H,1-4H3,(H,18,19);4-5H,1-3H2. The minimum absolute atomic E-state index is 0.206. The lowest BCUT2D eigenvalue weighted by Gasteiger charge is -2.32. The summed E-state index contributed by atoms with van der Waals surface area (Å²) in [5.74, 6) is -3.09. The number of hydrogen-bond donors (Lipinski definition) is 1. The highest BCUT2D eigenvalue weighted by Gasteiger charge is 2.69. The third-order valence-electron chi connectivity index (χ3n) is 6.79. The van der Waals surface area contributed by atoms with Gasteiger partial charge in [-0.25, -0.2) is 13.2 Å². The molecule has 2 heterocycles. The summed E-state index contributed by atoms with van der Waals surface area (Å²) in [7, 11) is -0.820. The van der Waals surface area contributed by atoms with E-state index in [1.54, 1.807) is 6.07 Å². The Bertz CT molecular complexity index is 976. The second kappa shape index (κ2) is 6.60. The van der Waals surface area contributed by atoms with Gasteiger partial charge in [0.2, 0.25) is 0 Å². The lowest BCUT2D eigenvalue weighted by molar-refractivity contribution is 0.00578. The number of benzene rings is 1. The Morgan fingerprint density at radius 3 is 2.17 bits per heavy atom. The van der Waals surface area contributed by atoms with Crippen LogP contribution in [0, 0.1) is 17.7 Å². The fraction of sp³-hybridized carbons (Fsp3) is 0.571.